The van der Waals surface area contributed by atoms with Crippen molar-refractivity contribution in [3.05, 3.63) is 34.5 Å². The van der Waals surface area contributed by atoms with Gasteiger partial charge in [-0.2, -0.15) is 0 Å². The summed E-state index contributed by atoms with van der Waals surface area (Å²) in [5.74, 6) is 0. The Bertz CT molecular complexity index is 612. The van der Waals surface area contributed by atoms with E-state index >= 15 is 0 Å². The summed E-state index contributed by atoms with van der Waals surface area (Å²) < 4.78 is 1.86. The van der Waals surface area contributed by atoms with Crippen LogP contribution in [0.4, 0.5) is 0 Å². The lowest BCUT2D eigenvalue weighted by molar-refractivity contribution is 0.515. The molecule has 0 aliphatic heterocycles. The number of pyridine rings is 1. The Balaban J connectivity index is 2.32. The van der Waals surface area contributed by atoms with Crippen LogP contribution < -0.4 is 5.56 Å². The number of rotatable bonds is 1. The molecular weight excluding hydrogens is 214 g/mol. The minimum atomic E-state index is 0.0700. The minimum Gasteiger partial charge on any atom is -0.289 e. The molecule has 1 fully saturated rings. The Morgan fingerprint density at radius 1 is 1.35 bits per heavy atom. The van der Waals surface area contributed by atoms with Crippen molar-refractivity contribution in [3.63, 3.8) is 0 Å². The zero-order valence-electron chi connectivity index (χ0n) is 9.89. The third-order valence-corrected chi connectivity index (χ3v) is 3.61. The van der Waals surface area contributed by atoms with Crippen molar-refractivity contribution in [1.29, 1.82) is 0 Å². The molecule has 4 heteroatoms. The van der Waals surface area contributed by atoms with Gasteiger partial charge in [0.1, 0.15) is 12.0 Å². The summed E-state index contributed by atoms with van der Waals surface area (Å²) in [6.07, 6.45) is 7.90. The van der Waals surface area contributed by atoms with E-state index in [1.54, 1.807) is 12.3 Å². The summed E-state index contributed by atoms with van der Waals surface area (Å²) in [5, 5.41) is 0.985. The number of nitrogens with zero attached hydrogens (tertiary/aromatic N) is 3. The average molecular weight is 229 g/mol. The highest BCUT2D eigenvalue weighted by Gasteiger charge is 2.20. The van der Waals surface area contributed by atoms with Crippen molar-refractivity contribution < 1.29 is 0 Å². The third-order valence-electron chi connectivity index (χ3n) is 3.61. The average Bonchev–Trinajstić information content (AvgIpc) is 2.83. The van der Waals surface area contributed by atoms with Crippen LogP contribution in [0, 0.1) is 6.92 Å². The summed E-state index contributed by atoms with van der Waals surface area (Å²) >= 11 is 0. The Morgan fingerprint density at radius 3 is 2.88 bits per heavy atom. The largest absolute Gasteiger partial charge is 0.289 e. The molecule has 17 heavy (non-hydrogen) atoms. The Morgan fingerprint density at radius 2 is 2.12 bits per heavy atom. The maximum Gasteiger partial charge on any atom is 0.252 e. The first kappa shape index (κ1) is 10.4. The third kappa shape index (κ3) is 1.64. The van der Waals surface area contributed by atoms with Gasteiger partial charge in [-0.1, -0.05) is 12.8 Å². The zero-order chi connectivity index (χ0) is 11.8. The van der Waals surface area contributed by atoms with Crippen molar-refractivity contribution in [2.24, 2.45) is 0 Å². The number of hydrogen-bond acceptors (Lipinski definition) is 3. The molecule has 2 aromatic heterocycles. The van der Waals surface area contributed by atoms with Crippen LogP contribution in [0.5, 0.6) is 0 Å². The van der Waals surface area contributed by atoms with Crippen LogP contribution in [0.2, 0.25) is 0 Å². The second kappa shape index (κ2) is 3.95. The van der Waals surface area contributed by atoms with Gasteiger partial charge in [0.05, 0.1) is 0 Å². The van der Waals surface area contributed by atoms with Gasteiger partial charge in [-0.3, -0.25) is 9.36 Å². The highest BCUT2D eigenvalue weighted by molar-refractivity contribution is 5.77. The van der Waals surface area contributed by atoms with E-state index in [-0.39, 0.29) is 5.56 Å². The molecule has 0 spiro atoms. The Labute approximate surface area is 99.3 Å². The molecule has 88 valence electrons. The van der Waals surface area contributed by atoms with Crippen LogP contribution in [-0.2, 0) is 0 Å². The van der Waals surface area contributed by atoms with Gasteiger partial charge < -0.3 is 0 Å². The predicted molar refractivity (Wildman–Crippen MR) is 66.0 cm³/mol. The molecule has 0 atom stereocenters. The minimum absolute atomic E-state index is 0.0700. The zero-order valence-corrected chi connectivity index (χ0v) is 9.89. The summed E-state index contributed by atoms with van der Waals surface area (Å²) in [5.41, 5.74) is 1.82. The van der Waals surface area contributed by atoms with Gasteiger partial charge in [0.15, 0.2) is 0 Å². The molecule has 0 bridgehead atoms. The van der Waals surface area contributed by atoms with E-state index in [2.05, 4.69) is 9.97 Å². The van der Waals surface area contributed by atoms with E-state index in [9.17, 15) is 4.79 Å². The van der Waals surface area contributed by atoms with Crippen LogP contribution in [0.3, 0.4) is 0 Å². The first-order chi connectivity index (χ1) is 8.27. The van der Waals surface area contributed by atoms with Gasteiger partial charge in [0.25, 0.3) is 5.56 Å². The molecule has 1 saturated carbocycles. The lowest BCUT2D eigenvalue weighted by Gasteiger charge is -2.16. The van der Waals surface area contributed by atoms with Crippen molar-refractivity contribution in [2.75, 3.05) is 0 Å². The molecule has 0 saturated heterocycles. The Kier molecular flexibility index (Phi) is 2.42. The van der Waals surface area contributed by atoms with Crippen molar-refractivity contribution in [3.8, 4) is 0 Å². The normalized spacial score (nSPS) is 16.8. The molecule has 0 amide bonds. The summed E-state index contributed by atoms with van der Waals surface area (Å²) in [6.45, 7) is 1.94. The predicted octanol–water partition coefficient (Wildman–Crippen LogP) is 2.22. The smallest absolute Gasteiger partial charge is 0.252 e. The molecule has 3 rings (SSSR count). The fraction of sp³-hybridized carbons (Fsp3) is 0.462. The van der Waals surface area contributed by atoms with Crippen LogP contribution >= 0.6 is 0 Å². The van der Waals surface area contributed by atoms with Gasteiger partial charge >= 0.3 is 0 Å². The molecule has 4 nitrogen and oxygen atoms in total. The van der Waals surface area contributed by atoms with E-state index in [4.69, 9.17) is 0 Å². The number of aryl methyl sites for hydroxylation is 1. The maximum absolute atomic E-state index is 12.1. The molecule has 2 heterocycles. The van der Waals surface area contributed by atoms with Gasteiger partial charge in [-0.05, 0) is 25.3 Å². The van der Waals surface area contributed by atoms with Gasteiger partial charge in [0.2, 0.25) is 0 Å². The van der Waals surface area contributed by atoms with E-state index in [1.165, 1.54) is 19.2 Å². The van der Waals surface area contributed by atoms with Gasteiger partial charge in [-0.15, -0.1) is 0 Å². The molecular formula is C13H15N3O. The van der Waals surface area contributed by atoms with Crippen LogP contribution in [0.1, 0.15) is 37.3 Å². The second-order valence-electron chi connectivity index (χ2n) is 4.73. The molecule has 0 aromatic carbocycles. The Hall–Kier alpha value is -1.71. The number of hydrogen-bond donors (Lipinski definition) is 0. The summed E-state index contributed by atoms with van der Waals surface area (Å²) in [7, 11) is 0. The van der Waals surface area contributed by atoms with Crippen molar-refractivity contribution in [2.45, 2.75) is 38.6 Å². The number of fused-ring (bicyclic) bond motifs is 1. The lowest BCUT2D eigenvalue weighted by Crippen LogP contribution is -2.24. The van der Waals surface area contributed by atoms with Crippen LogP contribution in [0.15, 0.2) is 23.4 Å². The molecule has 2 aromatic rings. The van der Waals surface area contributed by atoms with Crippen LogP contribution in [0.25, 0.3) is 11.0 Å². The first-order valence-electron chi connectivity index (χ1n) is 6.09. The monoisotopic (exact) mass is 229 g/mol. The highest BCUT2D eigenvalue weighted by atomic mass is 16.1. The molecule has 1 aliphatic carbocycles. The first-order valence-corrected chi connectivity index (χ1v) is 6.09. The fourth-order valence-electron chi connectivity index (χ4n) is 2.75. The molecule has 0 N–H and O–H groups in total. The maximum atomic E-state index is 12.1. The van der Waals surface area contributed by atoms with Gasteiger partial charge in [-0.25, -0.2) is 9.97 Å². The van der Waals surface area contributed by atoms with E-state index in [0.717, 1.165) is 29.4 Å². The van der Waals surface area contributed by atoms with E-state index in [0.29, 0.717) is 6.04 Å². The summed E-state index contributed by atoms with van der Waals surface area (Å²) in [6, 6.07) is 2.02. The quantitative estimate of drug-likeness (QED) is 0.753. The molecule has 0 unspecified atom stereocenters. The fourth-order valence-corrected chi connectivity index (χ4v) is 2.75. The topological polar surface area (TPSA) is 47.8 Å². The van der Waals surface area contributed by atoms with E-state index < -0.39 is 0 Å². The van der Waals surface area contributed by atoms with Crippen LogP contribution in [-0.4, -0.2) is 14.5 Å². The SMILES string of the molecule is Cc1cc(=O)n(C2CCCC2)c2ncncc12. The molecule has 0 radical (unpaired) electrons. The van der Waals surface area contributed by atoms with Crippen molar-refractivity contribution in [1.82, 2.24) is 14.5 Å². The summed E-state index contributed by atoms with van der Waals surface area (Å²) in [4.78, 5) is 20.5. The lowest BCUT2D eigenvalue weighted by atomic mass is 10.1. The standard InChI is InChI=1S/C13H15N3O/c1-9-6-12(17)16(10-4-2-3-5-10)13-11(9)7-14-8-15-13/h6-8,10H,2-5H2,1H3. The highest BCUT2D eigenvalue weighted by Crippen LogP contribution is 2.30. The van der Waals surface area contributed by atoms with Crippen molar-refractivity contribution >= 4 is 11.0 Å². The molecule has 1 aliphatic rings. The van der Waals surface area contributed by atoms with Gasteiger partial charge in [0, 0.05) is 23.7 Å². The van der Waals surface area contributed by atoms with E-state index in [1.807, 2.05) is 11.5 Å². The number of aromatic nitrogens is 3. The second-order valence-corrected chi connectivity index (χ2v) is 4.73.